The first kappa shape index (κ1) is 20.6. The van der Waals surface area contributed by atoms with Crippen LogP contribution in [0.4, 0.5) is 8.78 Å². The Morgan fingerprint density at radius 1 is 0.933 bits per heavy atom. The third-order valence-corrected chi connectivity index (χ3v) is 5.95. The van der Waals surface area contributed by atoms with E-state index in [2.05, 4.69) is 5.32 Å². The Balaban J connectivity index is 1.50. The number of hydrogen-bond donors (Lipinski definition) is 1. The average Bonchev–Trinajstić information content (AvgIpc) is 3.10. The maximum absolute atomic E-state index is 14.7. The van der Waals surface area contributed by atoms with Crippen molar-refractivity contribution in [3.63, 3.8) is 0 Å². The summed E-state index contributed by atoms with van der Waals surface area (Å²) in [6, 6.07) is 8.38. The number of halogens is 2. The summed E-state index contributed by atoms with van der Waals surface area (Å²) < 4.78 is 39.7. The lowest BCUT2D eigenvalue weighted by molar-refractivity contribution is -0.0681. The van der Waals surface area contributed by atoms with E-state index >= 15 is 0 Å². The molecule has 160 valence electrons. The van der Waals surface area contributed by atoms with Crippen molar-refractivity contribution in [3.05, 3.63) is 59.2 Å². The molecule has 4 nitrogen and oxygen atoms in total. The highest BCUT2D eigenvalue weighted by Gasteiger charge is 2.40. The van der Waals surface area contributed by atoms with Crippen LogP contribution in [-0.2, 0) is 5.79 Å². The predicted molar refractivity (Wildman–Crippen MR) is 110 cm³/mol. The fraction of sp³-hybridized carbons (Fsp3) is 0.458. The summed E-state index contributed by atoms with van der Waals surface area (Å²) in [5, 5.41) is 3.00. The molecule has 0 bridgehead atoms. The van der Waals surface area contributed by atoms with Crippen LogP contribution in [0.2, 0.25) is 0 Å². The quantitative estimate of drug-likeness (QED) is 0.685. The number of fused-ring (bicyclic) bond motifs is 1. The number of carbonyl (C=O) groups excluding carboxylic acids is 1. The number of rotatable bonds is 3. The fourth-order valence-electron chi connectivity index (χ4n) is 4.22. The van der Waals surface area contributed by atoms with Gasteiger partial charge in [0.2, 0.25) is 0 Å². The summed E-state index contributed by atoms with van der Waals surface area (Å²) in [6.07, 6.45) is 8.81. The Hall–Kier alpha value is -2.63. The Kier molecular flexibility index (Phi) is 5.93. The van der Waals surface area contributed by atoms with Crippen LogP contribution in [0.25, 0.3) is 0 Å². The zero-order chi connectivity index (χ0) is 21.1. The van der Waals surface area contributed by atoms with Crippen LogP contribution in [0.15, 0.2) is 36.4 Å². The van der Waals surface area contributed by atoms with Crippen LogP contribution in [0, 0.1) is 11.6 Å². The number of nitrogens with one attached hydrogen (secondary N) is 1. The molecular formula is C24H27F2NO3. The molecule has 1 saturated carbocycles. The normalized spacial score (nSPS) is 22.1. The number of carbonyl (C=O) groups is 1. The van der Waals surface area contributed by atoms with Crippen LogP contribution in [-0.4, -0.2) is 11.9 Å². The Morgan fingerprint density at radius 3 is 2.13 bits per heavy atom. The minimum atomic E-state index is -1.21. The van der Waals surface area contributed by atoms with Crippen LogP contribution < -0.4 is 14.8 Å². The van der Waals surface area contributed by atoms with E-state index in [0.29, 0.717) is 11.3 Å². The van der Waals surface area contributed by atoms with Gasteiger partial charge >= 0.3 is 0 Å². The van der Waals surface area contributed by atoms with Gasteiger partial charge in [0.1, 0.15) is 11.6 Å². The zero-order valence-electron chi connectivity index (χ0n) is 17.2. The van der Waals surface area contributed by atoms with E-state index in [1.807, 2.05) is 0 Å². The van der Waals surface area contributed by atoms with Crippen LogP contribution in [0.5, 0.6) is 11.5 Å². The largest absolute Gasteiger partial charge is 0.445 e. The molecule has 1 atom stereocenters. The minimum Gasteiger partial charge on any atom is -0.445 e. The van der Waals surface area contributed by atoms with Crippen molar-refractivity contribution in [1.29, 1.82) is 0 Å². The lowest BCUT2D eigenvalue weighted by Crippen LogP contribution is -2.35. The van der Waals surface area contributed by atoms with Gasteiger partial charge in [-0.15, -0.1) is 0 Å². The SMILES string of the molecule is CC1(c2ccc(F)cc2)Oc2cc(F)c(C(=O)NC3CCCCCCCC3)cc2O1. The fourth-order valence-corrected chi connectivity index (χ4v) is 4.22. The lowest BCUT2D eigenvalue weighted by atomic mass is 10.0. The molecule has 2 aromatic rings. The highest BCUT2D eigenvalue weighted by molar-refractivity contribution is 5.95. The molecule has 1 aliphatic heterocycles. The van der Waals surface area contributed by atoms with Crippen molar-refractivity contribution >= 4 is 5.91 Å². The second-order valence-electron chi connectivity index (χ2n) is 8.30. The molecule has 1 amide bonds. The van der Waals surface area contributed by atoms with E-state index in [4.69, 9.17) is 9.47 Å². The van der Waals surface area contributed by atoms with Gasteiger partial charge in [0, 0.05) is 24.6 Å². The highest BCUT2D eigenvalue weighted by Crippen LogP contribution is 2.45. The third-order valence-electron chi connectivity index (χ3n) is 5.95. The number of amides is 1. The molecule has 2 aliphatic rings. The van der Waals surface area contributed by atoms with Crippen LogP contribution in [0.3, 0.4) is 0 Å². The molecule has 1 unspecified atom stereocenters. The molecule has 0 spiro atoms. The van der Waals surface area contributed by atoms with Crippen molar-refractivity contribution in [1.82, 2.24) is 5.32 Å². The predicted octanol–water partition coefficient (Wildman–Crippen LogP) is 5.84. The summed E-state index contributed by atoms with van der Waals surface area (Å²) in [4.78, 5) is 12.8. The minimum absolute atomic E-state index is 0.0550. The number of ether oxygens (including phenoxy) is 2. The Morgan fingerprint density at radius 2 is 1.50 bits per heavy atom. The van der Waals surface area contributed by atoms with Crippen molar-refractivity contribution in [2.45, 2.75) is 70.1 Å². The van der Waals surface area contributed by atoms with E-state index in [1.54, 1.807) is 19.1 Å². The molecular weight excluding hydrogens is 388 g/mol. The molecule has 0 saturated heterocycles. The molecule has 6 heteroatoms. The first-order valence-corrected chi connectivity index (χ1v) is 10.7. The zero-order valence-corrected chi connectivity index (χ0v) is 17.2. The standard InChI is InChI=1S/C24H27F2NO3/c1-24(16-10-12-17(25)13-11-16)29-21-14-19(20(26)15-22(21)30-24)23(28)27-18-8-6-4-2-3-5-7-9-18/h10-15,18H,2-9H2,1H3,(H,27,28). The van der Waals surface area contributed by atoms with Gasteiger partial charge in [0.05, 0.1) is 5.56 Å². The molecule has 1 aliphatic carbocycles. The van der Waals surface area contributed by atoms with Crippen LogP contribution >= 0.6 is 0 Å². The van der Waals surface area contributed by atoms with Gasteiger partial charge in [-0.2, -0.15) is 0 Å². The summed E-state index contributed by atoms with van der Waals surface area (Å²) >= 11 is 0. The average molecular weight is 415 g/mol. The van der Waals surface area contributed by atoms with Crippen molar-refractivity contribution in [2.75, 3.05) is 0 Å². The second kappa shape index (κ2) is 8.62. The molecule has 0 aromatic heterocycles. The maximum Gasteiger partial charge on any atom is 0.275 e. The van der Waals surface area contributed by atoms with Crippen LogP contribution in [0.1, 0.15) is 74.2 Å². The molecule has 1 fully saturated rings. The topological polar surface area (TPSA) is 47.6 Å². The van der Waals surface area contributed by atoms with Gasteiger partial charge < -0.3 is 14.8 Å². The summed E-state index contributed by atoms with van der Waals surface area (Å²) in [5.74, 6) is -2.15. The molecule has 2 aromatic carbocycles. The summed E-state index contributed by atoms with van der Waals surface area (Å²) in [7, 11) is 0. The van der Waals surface area contributed by atoms with Gasteiger partial charge in [-0.1, -0.05) is 38.5 Å². The molecule has 1 N–H and O–H groups in total. The maximum atomic E-state index is 14.7. The van der Waals surface area contributed by atoms with E-state index in [0.717, 1.165) is 25.7 Å². The van der Waals surface area contributed by atoms with E-state index < -0.39 is 17.5 Å². The molecule has 1 heterocycles. The smallest absolute Gasteiger partial charge is 0.275 e. The third kappa shape index (κ3) is 4.42. The Bertz CT molecular complexity index is 905. The van der Waals surface area contributed by atoms with Gasteiger partial charge in [-0.25, -0.2) is 8.78 Å². The molecule has 0 radical (unpaired) electrons. The first-order chi connectivity index (χ1) is 14.4. The van der Waals surface area contributed by atoms with E-state index in [-0.39, 0.29) is 23.2 Å². The Labute approximate surface area is 175 Å². The van der Waals surface area contributed by atoms with Gasteiger partial charge in [0.15, 0.2) is 11.5 Å². The molecule has 30 heavy (non-hydrogen) atoms. The monoisotopic (exact) mass is 415 g/mol. The van der Waals surface area contributed by atoms with Crippen molar-refractivity contribution in [3.8, 4) is 11.5 Å². The summed E-state index contributed by atoms with van der Waals surface area (Å²) in [5.41, 5.74) is 0.540. The van der Waals surface area contributed by atoms with Crippen molar-refractivity contribution < 1.29 is 23.0 Å². The summed E-state index contributed by atoms with van der Waals surface area (Å²) in [6.45, 7) is 1.68. The second-order valence-corrected chi connectivity index (χ2v) is 8.30. The number of benzene rings is 2. The van der Waals surface area contributed by atoms with Gasteiger partial charge in [-0.05, 0) is 43.2 Å². The highest BCUT2D eigenvalue weighted by atomic mass is 19.1. The van der Waals surface area contributed by atoms with Gasteiger partial charge in [-0.3, -0.25) is 4.79 Å². The van der Waals surface area contributed by atoms with Crippen molar-refractivity contribution in [2.24, 2.45) is 0 Å². The first-order valence-electron chi connectivity index (χ1n) is 10.7. The number of hydrogen-bond acceptors (Lipinski definition) is 3. The van der Waals surface area contributed by atoms with E-state index in [1.165, 1.54) is 49.9 Å². The molecule has 4 rings (SSSR count). The van der Waals surface area contributed by atoms with Gasteiger partial charge in [0.25, 0.3) is 11.7 Å². The lowest BCUT2D eigenvalue weighted by Gasteiger charge is -2.23. The van der Waals surface area contributed by atoms with E-state index in [9.17, 15) is 13.6 Å².